The molecule has 1 fully saturated rings. The van der Waals surface area contributed by atoms with Crippen LogP contribution in [0.1, 0.15) is 52.0 Å². The average molecular weight is 527 g/mol. The largest absolute Gasteiger partial charge is 0.465 e. The van der Waals surface area contributed by atoms with Crippen LogP contribution in [0.15, 0.2) is 30.3 Å². The normalized spacial score (nSPS) is 24.9. The number of ether oxygens (including phenoxy) is 1. The topological polar surface area (TPSA) is 55.4 Å². The predicted octanol–water partition coefficient (Wildman–Crippen LogP) is 5.64. The number of nitrogens with one attached hydrogen (secondary N) is 1. The van der Waals surface area contributed by atoms with Crippen molar-refractivity contribution in [2.75, 3.05) is 12.4 Å². The number of esters is 1. The van der Waals surface area contributed by atoms with E-state index in [-0.39, 0.29) is 15.1 Å². The van der Waals surface area contributed by atoms with E-state index in [4.69, 9.17) is 4.74 Å². The molecule has 2 aliphatic rings. The first-order valence-electron chi connectivity index (χ1n) is 9.24. The Balaban J connectivity index is 1.64. The third-order valence-corrected chi connectivity index (χ3v) is 9.39. The molecule has 28 heavy (non-hydrogen) atoms. The van der Waals surface area contributed by atoms with Crippen molar-refractivity contribution < 1.29 is 14.3 Å². The highest BCUT2D eigenvalue weighted by atomic mass is 79.9. The third-order valence-electron chi connectivity index (χ3n) is 5.91. The van der Waals surface area contributed by atoms with E-state index in [9.17, 15) is 9.59 Å². The van der Waals surface area contributed by atoms with Crippen LogP contribution < -0.4 is 5.32 Å². The number of anilines is 1. The molecule has 1 aromatic heterocycles. The van der Waals surface area contributed by atoms with Crippen molar-refractivity contribution in [1.29, 1.82) is 0 Å². The van der Waals surface area contributed by atoms with Crippen LogP contribution in [0.25, 0.3) is 0 Å². The smallest absolute Gasteiger partial charge is 0.341 e. The molecule has 1 aromatic carbocycles. The fraction of sp³-hybridized carbons (Fsp3) is 0.429. The van der Waals surface area contributed by atoms with Gasteiger partial charge in [-0.2, -0.15) is 0 Å². The number of rotatable bonds is 4. The second-order valence-corrected chi connectivity index (χ2v) is 12.6. The number of thiophene rings is 1. The third kappa shape index (κ3) is 3.35. The van der Waals surface area contributed by atoms with Crippen LogP contribution in [0.5, 0.6) is 0 Å². The first-order valence-corrected chi connectivity index (χ1v) is 11.6. The number of hydrogen-bond acceptors (Lipinski definition) is 4. The molecule has 1 amide bonds. The molecule has 2 aromatic rings. The number of fused-ring (bicyclic) bond motifs is 1. The van der Waals surface area contributed by atoms with E-state index in [1.54, 1.807) is 0 Å². The van der Waals surface area contributed by atoms with E-state index >= 15 is 0 Å². The van der Waals surface area contributed by atoms with Gasteiger partial charge in [0.25, 0.3) is 0 Å². The van der Waals surface area contributed by atoms with Gasteiger partial charge in [0, 0.05) is 4.88 Å². The summed E-state index contributed by atoms with van der Waals surface area (Å²) in [6, 6.07) is 10.5. The van der Waals surface area contributed by atoms with Gasteiger partial charge in [-0.1, -0.05) is 62.2 Å². The molecule has 0 aliphatic heterocycles. The molecule has 1 saturated carbocycles. The van der Waals surface area contributed by atoms with Crippen LogP contribution in [0, 0.1) is 5.41 Å². The number of benzene rings is 1. The van der Waals surface area contributed by atoms with Crippen molar-refractivity contribution in [2.24, 2.45) is 5.41 Å². The second kappa shape index (κ2) is 7.26. The molecule has 2 aliphatic carbocycles. The molecule has 0 saturated heterocycles. The van der Waals surface area contributed by atoms with Crippen LogP contribution in [-0.2, 0) is 22.4 Å². The highest BCUT2D eigenvalue weighted by molar-refractivity contribution is 9.25. The fourth-order valence-electron chi connectivity index (χ4n) is 3.89. The van der Waals surface area contributed by atoms with Gasteiger partial charge < -0.3 is 10.1 Å². The molecular formula is C21H21Br2NO3S. The van der Waals surface area contributed by atoms with E-state index in [1.165, 1.54) is 28.9 Å². The molecule has 7 heteroatoms. The lowest BCUT2D eigenvalue weighted by molar-refractivity contribution is -0.120. The number of carbonyl (C=O) groups is 2. The first-order chi connectivity index (χ1) is 13.3. The monoisotopic (exact) mass is 525 g/mol. The highest BCUT2D eigenvalue weighted by Crippen LogP contribution is 2.66. The van der Waals surface area contributed by atoms with Gasteiger partial charge in [-0.25, -0.2) is 4.79 Å². The van der Waals surface area contributed by atoms with E-state index in [2.05, 4.69) is 61.4 Å². The van der Waals surface area contributed by atoms with Crippen molar-refractivity contribution in [2.45, 2.75) is 41.8 Å². The van der Waals surface area contributed by atoms with Gasteiger partial charge in [-0.05, 0) is 49.7 Å². The maximum atomic E-state index is 12.9. The zero-order valence-corrected chi connectivity index (χ0v) is 19.7. The van der Waals surface area contributed by atoms with E-state index in [0.29, 0.717) is 22.9 Å². The molecule has 4 rings (SSSR count). The van der Waals surface area contributed by atoms with Gasteiger partial charge in [0.05, 0.1) is 21.3 Å². The standard InChI is InChI=1S/C21H21Br2NO3S/c1-20(11-21(20,22)23)19(26)24-17-16(18(25)27-2)14-9-8-13(10-15(14)28-17)12-6-4-3-5-7-12/h3-7,13H,8-11H2,1-2H3,(H,24,26)/t13-,20+/m1/s1. The molecule has 0 radical (unpaired) electrons. The van der Waals surface area contributed by atoms with Crippen LogP contribution in [0.4, 0.5) is 5.00 Å². The molecule has 1 N–H and O–H groups in total. The predicted molar refractivity (Wildman–Crippen MR) is 119 cm³/mol. The number of hydrogen-bond donors (Lipinski definition) is 1. The summed E-state index contributed by atoms with van der Waals surface area (Å²) in [5, 5.41) is 3.63. The fourth-order valence-corrected chi connectivity index (χ4v) is 6.68. The van der Waals surface area contributed by atoms with Crippen molar-refractivity contribution in [3.8, 4) is 0 Å². The summed E-state index contributed by atoms with van der Waals surface area (Å²) in [4.78, 5) is 26.5. The van der Waals surface area contributed by atoms with Gasteiger partial charge in [0.15, 0.2) is 0 Å². The second-order valence-electron chi connectivity index (χ2n) is 7.72. The Morgan fingerprint density at radius 3 is 2.54 bits per heavy atom. The number of alkyl halides is 2. The molecule has 0 bridgehead atoms. The number of halogens is 2. The van der Waals surface area contributed by atoms with E-state index in [0.717, 1.165) is 24.8 Å². The lowest BCUT2D eigenvalue weighted by Crippen LogP contribution is -2.26. The van der Waals surface area contributed by atoms with Gasteiger partial charge in [0.1, 0.15) is 5.00 Å². The maximum absolute atomic E-state index is 12.9. The average Bonchev–Trinajstić information content (AvgIpc) is 3.04. The zero-order valence-electron chi connectivity index (χ0n) is 15.7. The van der Waals surface area contributed by atoms with Crippen molar-refractivity contribution >= 4 is 60.1 Å². The molecule has 0 unspecified atom stereocenters. The molecule has 2 atom stereocenters. The molecule has 0 spiro atoms. The van der Waals surface area contributed by atoms with Crippen LogP contribution >= 0.6 is 43.2 Å². The molecular weight excluding hydrogens is 506 g/mol. The minimum absolute atomic E-state index is 0.0930. The number of carbonyl (C=O) groups excluding carboxylic acids is 2. The molecule has 1 heterocycles. The SMILES string of the molecule is COC(=O)c1c(NC(=O)[C@]2(C)CC2(Br)Br)sc2c1CC[C@@H](c1ccccc1)C2. The lowest BCUT2D eigenvalue weighted by Gasteiger charge is -2.22. The van der Waals surface area contributed by atoms with Gasteiger partial charge in [-0.15, -0.1) is 11.3 Å². The first kappa shape index (κ1) is 20.1. The van der Waals surface area contributed by atoms with Crippen molar-refractivity contribution in [3.05, 3.63) is 51.9 Å². The Hall–Kier alpha value is -1.18. The quantitative estimate of drug-likeness (QED) is 0.414. The zero-order chi connectivity index (χ0) is 20.1. The van der Waals surface area contributed by atoms with Gasteiger partial charge in [0.2, 0.25) is 5.91 Å². The molecule has 4 nitrogen and oxygen atoms in total. The van der Waals surface area contributed by atoms with E-state index < -0.39 is 5.41 Å². The van der Waals surface area contributed by atoms with Crippen LogP contribution in [-0.4, -0.2) is 22.2 Å². The summed E-state index contributed by atoms with van der Waals surface area (Å²) in [5.74, 6) is -0.0412. The van der Waals surface area contributed by atoms with Crippen molar-refractivity contribution in [3.63, 3.8) is 0 Å². The summed E-state index contributed by atoms with van der Waals surface area (Å²) in [6.07, 6.45) is 3.36. The van der Waals surface area contributed by atoms with Crippen LogP contribution in [0.3, 0.4) is 0 Å². The number of amides is 1. The van der Waals surface area contributed by atoms with Crippen molar-refractivity contribution in [1.82, 2.24) is 0 Å². The molecule has 148 valence electrons. The van der Waals surface area contributed by atoms with E-state index in [1.807, 2.05) is 13.0 Å². The summed E-state index contributed by atoms with van der Waals surface area (Å²) in [5.41, 5.74) is 2.34. The Morgan fingerprint density at radius 1 is 1.25 bits per heavy atom. The highest BCUT2D eigenvalue weighted by Gasteiger charge is 2.66. The summed E-state index contributed by atoms with van der Waals surface area (Å²) in [6.45, 7) is 1.91. The summed E-state index contributed by atoms with van der Waals surface area (Å²) in [7, 11) is 1.39. The Kier molecular flexibility index (Phi) is 5.21. The minimum atomic E-state index is -0.544. The summed E-state index contributed by atoms with van der Waals surface area (Å²) < 4.78 is 4.66. The Bertz CT molecular complexity index is 941. The van der Waals surface area contributed by atoms with Gasteiger partial charge >= 0.3 is 5.97 Å². The van der Waals surface area contributed by atoms with Crippen LogP contribution in [0.2, 0.25) is 0 Å². The minimum Gasteiger partial charge on any atom is -0.465 e. The summed E-state index contributed by atoms with van der Waals surface area (Å²) >= 11 is 8.60. The lowest BCUT2D eigenvalue weighted by atomic mass is 9.83. The Labute approximate surface area is 185 Å². The van der Waals surface area contributed by atoms with Gasteiger partial charge in [-0.3, -0.25) is 4.79 Å². The number of methoxy groups -OCH3 is 1. The maximum Gasteiger partial charge on any atom is 0.341 e. The Morgan fingerprint density at radius 2 is 1.93 bits per heavy atom.